The van der Waals surface area contributed by atoms with Crippen LogP contribution in [0.1, 0.15) is 25.8 Å². The molecular weight excluding hydrogens is 357 g/mol. The zero-order valence-electron chi connectivity index (χ0n) is 15.8. The largest absolute Gasteiger partial charge is 0.494 e. The van der Waals surface area contributed by atoms with Gasteiger partial charge in [0.25, 0.3) is 5.91 Å². The molecule has 0 saturated carbocycles. The first-order valence-corrected chi connectivity index (χ1v) is 8.37. The van der Waals surface area contributed by atoms with Crippen molar-refractivity contribution in [1.82, 2.24) is 5.32 Å². The van der Waals surface area contributed by atoms with Crippen LogP contribution < -0.4 is 10.1 Å². The summed E-state index contributed by atoms with van der Waals surface area (Å²) in [5.74, 6) is -2.57. The van der Waals surface area contributed by atoms with Gasteiger partial charge in [-0.15, -0.1) is 0 Å². The molecule has 0 aliphatic heterocycles. The molecule has 0 spiro atoms. The van der Waals surface area contributed by atoms with Crippen LogP contribution in [0.15, 0.2) is 24.3 Å². The number of hydrogen-bond donors (Lipinski definition) is 1. The van der Waals surface area contributed by atoms with E-state index in [2.05, 4.69) is 10.1 Å². The number of ether oxygens (including phenoxy) is 3. The van der Waals surface area contributed by atoms with Gasteiger partial charge in [0, 0.05) is 6.08 Å². The number of benzene rings is 1. The first-order valence-electron chi connectivity index (χ1n) is 8.37. The van der Waals surface area contributed by atoms with Gasteiger partial charge in [0.15, 0.2) is 18.2 Å². The van der Waals surface area contributed by atoms with E-state index in [-0.39, 0.29) is 11.7 Å². The van der Waals surface area contributed by atoms with Crippen molar-refractivity contribution in [3.63, 3.8) is 0 Å². The summed E-state index contributed by atoms with van der Waals surface area (Å²) in [4.78, 5) is 35.3. The molecule has 0 aliphatic rings. The predicted octanol–water partition coefficient (Wildman–Crippen LogP) is 2.09. The van der Waals surface area contributed by atoms with Gasteiger partial charge < -0.3 is 19.5 Å². The average molecular weight is 381 g/mol. The number of hydrogen-bond acceptors (Lipinski definition) is 6. The zero-order chi connectivity index (χ0) is 20.4. The van der Waals surface area contributed by atoms with Gasteiger partial charge in [0.05, 0.1) is 14.2 Å². The van der Waals surface area contributed by atoms with E-state index in [0.29, 0.717) is 12.0 Å². The van der Waals surface area contributed by atoms with Crippen molar-refractivity contribution in [2.24, 2.45) is 5.92 Å². The highest BCUT2D eigenvalue weighted by Crippen LogP contribution is 2.18. The van der Waals surface area contributed by atoms with Gasteiger partial charge in [0.1, 0.15) is 6.04 Å². The molecule has 8 heteroatoms. The lowest BCUT2D eigenvalue weighted by Crippen LogP contribution is -2.47. The Bertz CT molecular complexity index is 703. The Hall–Kier alpha value is -2.90. The van der Waals surface area contributed by atoms with E-state index < -0.39 is 36.3 Å². The number of amides is 1. The third kappa shape index (κ3) is 7.08. The Morgan fingerprint density at radius 3 is 2.52 bits per heavy atom. The molecule has 2 atom stereocenters. The van der Waals surface area contributed by atoms with Crippen LogP contribution in [0.2, 0.25) is 0 Å². The maximum absolute atomic E-state index is 13.6. The molecule has 0 aromatic heterocycles. The summed E-state index contributed by atoms with van der Waals surface area (Å²) in [5, 5.41) is 2.49. The lowest BCUT2D eigenvalue weighted by atomic mass is 9.99. The van der Waals surface area contributed by atoms with Gasteiger partial charge in [0.2, 0.25) is 0 Å². The molecule has 0 unspecified atom stereocenters. The van der Waals surface area contributed by atoms with Crippen molar-refractivity contribution in [3.05, 3.63) is 35.7 Å². The SMILES string of the molecule is CC[C@@H](C)[C@@H](NC(=O)COC(=O)/C=C/c1ccc(OC)c(F)c1)C(=O)OC. The van der Waals surface area contributed by atoms with Crippen LogP contribution >= 0.6 is 0 Å². The molecular formula is C19H24FNO6. The van der Waals surface area contributed by atoms with Gasteiger partial charge in [-0.1, -0.05) is 26.3 Å². The lowest BCUT2D eigenvalue weighted by molar-refractivity contribution is -0.148. The summed E-state index contributed by atoms with van der Waals surface area (Å²) < 4.78 is 27.9. The normalized spacial score (nSPS) is 12.9. The zero-order valence-corrected chi connectivity index (χ0v) is 15.8. The van der Waals surface area contributed by atoms with E-state index in [0.717, 1.165) is 6.08 Å². The van der Waals surface area contributed by atoms with E-state index in [1.54, 1.807) is 13.0 Å². The van der Waals surface area contributed by atoms with Crippen molar-refractivity contribution >= 4 is 23.9 Å². The Labute approximate surface area is 157 Å². The minimum atomic E-state index is -0.816. The summed E-state index contributed by atoms with van der Waals surface area (Å²) >= 11 is 0. The molecule has 7 nitrogen and oxygen atoms in total. The number of halogens is 1. The van der Waals surface area contributed by atoms with E-state index in [9.17, 15) is 18.8 Å². The van der Waals surface area contributed by atoms with Crippen LogP contribution in [-0.4, -0.2) is 44.7 Å². The number of nitrogens with one attached hydrogen (secondary N) is 1. The molecule has 1 aromatic rings. The van der Waals surface area contributed by atoms with Crippen molar-refractivity contribution in [1.29, 1.82) is 0 Å². The van der Waals surface area contributed by atoms with Gasteiger partial charge in [-0.25, -0.2) is 14.0 Å². The van der Waals surface area contributed by atoms with Crippen LogP contribution in [0.5, 0.6) is 5.75 Å². The van der Waals surface area contributed by atoms with Crippen LogP contribution in [0.25, 0.3) is 6.08 Å². The monoisotopic (exact) mass is 381 g/mol. The standard InChI is InChI=1S/C19H24FNO6/c1-5-12(2)18(19(24)26-4)21-16(22)11-27-17(23)9-7-13-6-8-15(25-3)14(20)10-13/h6-10,12,18H,5,11H2,1-4H3,(H,21,22)/b9-7+/t12-,18-/m1/s1. The third-order valence-electron chi connectivity index (χ3n) is 3.92. The van der Waals surface area contributed by atoms with Crippen molar-refractivity contribution in [2.45, 2.75) is 26.3 Å². The fourth-order valence-corrected chi connectivity index (χ4v) is 2.15. The lowest BCUT2D eigenvalue weighted by Gasteiger charge is -2.21. The first kappa shape index (κ1) is 22.1. The molecule has 148 valence electrons. The van der Waals surface area contributed by atoms with Crippen LogP contribution in [0.4, 0.5) is 4.39 Å². The maximum Gasteiger partial charge on any atom is 0.331 e. The Morgan fingerprint density at radius 2 is 1.96 bits per heavy atom. The molecule has 1 aromatic carbocycles. The molecule has 0 fully saturated rings. The molecule has 27 heavy (non-hydrogen) atoms. The molecule has 0 heterocycles. The molecule has 1 rings (SSSR count). The molecule has 1 amide bonds. The van der Waals surface area contributed by atoms with E-state index in [4.69, 9.17) is 9.47 Å². The minimum absolute atomic E-state index is 0.0906. The second-order valence-corrected chi connectivity index (χ2v) is 5.79. The van der Waals surface area contributed by atoms with Gasteiger partial charge in [-0.05, 0) is 29.7 Å². The van der Waals surface area contributed by atoms with Gasteiger partial charge in [-0.3, -0.25) is 4.79 Å². The summed E-state index contributed by atoms with van der Waals surface area (Å²) in [5.41, 5.74) is 0.428. The summed E-state index contributed by atoms with van der Waals surface area (Å²) in [7, 11) is 2.58. The molecule has 0 aliphatic carbocycles. The van der Waals surface area contributed by atoms with Crippen molar-refractivity contribution < 1.29 is 33.0 Å². The minimum Gasteiger partial charge on any atom is -0.494 e. The fraction of sp³-hybridized carbons (Fsp3) is 0.421. The number of methoxy groups -OCH3 is 2. The summed E-state index contributed by atoms with van der Waals surface area (Å²) in [6.07, 6.45) is 3.07. The summed E-state index contributed by atoms with van der Waals surface area (Å²) in [6.45, 7) is 3.12. The molecule has 1 N–H and O–H groups in total. The Kier molecular flexibility index (Phi) is 8.98. The fourth-order valence-electron chi connectivity index (χ4n) is 2.15. The molecule has 0 radical (unpaired) electrons. The van der Waals surface area contributed by atoms with Crippen LogP contribution in [0.3, 0.4) is 0 Å². The quantitative estimate of drug-likeness (QED) is 0.520. The van der Waals surface area contributed by atoms with Crippen LogP contribution in [0, 0.1) is 11.7 Å². The van der Waals surface area contributed by atoms with Crippen molar-refractivity contribution in [2.75, 3.05) is 20.8 Å². The second-order valence-electron chi connectivity index (χ2n) is 5.79. The smallest absolute Gasteiger partial charge is 0.331 e. The van der Waals surface area contributed by atoms with Gasteiger partial charge in [-0.2, -0.15) is 0 Å². The topological polar surface area (TPSA) is 90.9 Å². The number of carbonyl (C=O) groups excluding carboxylic acids is 3. The second kappa shape index (κ2) is 10.9. The molecule has 0 saturated heterocycles. The Morgan fingerprint density at radius 1 is 1.26 bits per heavy atom. The predicted molar refractivity (Wildman–Crippen MR) is 96.3 cm³/mol. The Balaban J connectivity index is 2.56. The molecule has 0 bridgehead atoms. The van der Waals surface area contributed by atoms with E-state index in [1.807, 2.05) is 6.92 Å². The number of esters is 2. The average Bonchev–Trinajstić information content (AvgIpc) is 2.67. The maximum atomic E-state index is 13.6. The first-order chi connectivity index (χ1) is 12.8. The van der Waals surface area contributed by atoms with Crippen molar-refractivity contribution in [3.8, 4) is 5.75 Å². The number of carbonyl (C=O) groups is 3. The van der Waals surface area contributed by atoms with Crippen LogP contribution in [-0.2, 0) is 23.9 Å². The van der Waals surface area contributed by atoms with E-state index >= 15 is 0 Å². The summed E-state index contributed by atoms with van der Waals surface area (Å²) in [6, 6.07) is 3.37. The van der Waals surface area contributed by atoms with Gasteiger partial charge >= 0.3 is 11.9 Å². The van der Waals surface area contributed by atoms with E-state index in [1.165, 1.54) is 32.4 Å². The highest BCUT2D eigenvalue weighted by Gasteiger charge is 2.26. The highest BCUT2D eigenvalue weighted by atomic mass is 19.1. The third-order valence-corrected chi connectivity index (χ3v) is 3.92. The highest BCUT2D eigenvalue weighted by molar-refractivity contribution is 5.90. The number of rotatable bonds is 9.